The summed E-state index contributed by atoms with van der Waals surface area (Å²) in [4.78, 5) is 0. The Morgan fingerprint density at radius 1 is 1.15 bits per heavy atom. The Labute approximate surface area is 124 Å². The maximum atomic E-state index is 5.88. The van der Waals surface area contributed by atoms with Crippen molar-refractivity contribution in [1.82, 2.24) is 5.32 Å². The minimum Gasteiger partial charge on any atom is -0.380 e. The Morgan fingerprint density at radius 3 is 2.45 bits per heavy atom. The third-order valence-corrected chi connectivity index (χ3v) is 3.57. The Bertz CT molecular complexity index is 342. The normalized spacial score (nSPS) is 13.4. The fraction of sp³-hybridized carbons (Fsp3) is 0.667. The highest BCUT2D eigenvalue weighted by Gasteiger charge is 2.23. The summed E-state index contributed by atoms with van der Waals surface area (Å²) in [6, 6.07) is 11.1. The van der Waals surface area contributed by atoms with Gasteiger partial charge in [0, 0.05) is 12.6 Å². The Balaban J connectivity index is 2.20. The Morgan fingerprint density at radius 2 is 1.85 bits per heavy atom. The minimum atomic E-state index is 0.245. The molecule has 1 atom stereocenters. The van der Waals surface area contributed by atoms with Gasteiger partial charge in [-0.05, 0) is 36.8 Å². The van der Waals surface area contributed by atoms with E-state index in [-0.39, 0.29) is 5.41 Å². The highest BCUT2D eigenvalue weighted by atomic mass is 16.5. The lowest BCUT2D eigenvalue weighted by atomic mass is 9.87. The van der Waals surface area contributed by atoms with Gasteiger partial charge in [0.25, 0.3) is 0 Å². The third-order valence-electron chi connectivity index (χ3n) is 3.57. The molecule has 0 radical (unpaired) electrons. The van der Waals surface area contributed by atoms with Crippen molar-refractivity contribution in [2.45, 2.75) is 53.0 Å². The molecule has 0 saturated carbocycles. The second kappa shape index (κ2) is 9.15. The second-order valence-corrected chi connectivity index (χ2v) is 6.54. The molecular formula is C18H31NO. The van der Waals surface area contributed by atoms with Crippen molar-refractivity contribution in [3.63, 3.8) is 0 Å². The van der Waals surface area contributed by atoms with Crippen LogP contribution in [0, 0.1) is 5.41 Å². The summed E-state index contributed by atoms with van der Waals surface area (Å²) in [6.07, 6.45) is 3.36. The van der Waals surface area contributed by atoms with Crippen LogP contribution in [0.25, 0.3) is 0 Å². The molecule has 1 N–H and O–H groups in total. The molecule has 0 aromatic heterocycles. The zero-order valence-electron chi connectivity index (χ0n) is 13.6. The summed E-state index contributed by atoms with van der Waals surface area (Å²) in [6.45, 7) is 11.7. The highest BCUT2D eigenvalue weighted by Crippen LogP contribution is 2.19. The standard InChI is InChI=1S/C18H31NO/c1-5-13-19-17(18(2,3)4)15-20-14-9-12-16-10-7-6-8-11-16/h6-8,10-11,17,19H,5,9,12-15H2,1-4H3. The van der Waals surface area contributed by atoms with Gasteiger partial charge in [0.05, 0.1) is 6.61 Å². The van der Waals surface area contributed by atoms with Gasteiger partial charge >= 0.3 is 0 Å². The van der Waals surface area contributed by atoms with Crippen molar-refractivity contribution in [1.29, 1.82) is 0 Å². The molecule has 1 aromatic carbocycles. The van der Waals surface area contributed by atoms with Crippen LogP contribution in [0.4, 0.5) is 0 Å². The van der Waals surface area contributed by atoms with E-state index in [9.17, 15) is 0 Å². The summed E-state index contributed by atoms with van der Waals surface area (Å²) in [5.74, 6) is 0. The van der Waals surface area contributed by atoms with Crippen LogP contribution in [0.3, 0.4) is 0 Å². The van der Waals surface area contributed by atoms with E-state index in [0.29, 0.717) is 6.04 Å². The van der Waals surface area contributed by atoms with Crippen molar-refractivity contribution in [2.24, 2.45) is 5.41 Å². The average Bonchev–Trinajstić information content (AvgIpc) is 2.41. The number of hydrogen-bond donors (Lipinski definition) is 1. The summed E-state index contributed by atoms with van der Waals surface area (Å²) in [5, 5.41) is 3.59. The molecule has 1 unspecified atom stereocenters. The molecule has 0 amide bonds. The predicted octanol–water partition coefficient (Wildman–Crippen LogP) is 4.05. The van der Waals surface area contributed by atoms with Crippen LogP contribution in [0.15, 0.2) is 30.3 Å². The van der Waals surface area contributed by atoms with Gasteiger partial charge in [-0.3, -0.25) is 0 Å². The summed E-state index contributed by atoms with van der Waals surface area (Å²) < 4.78 is 5.88. The van der Waals surface area contributed by atoms with Crippen molar-refractivity contribution in [3.05, 3.63) is 35.9 Å². The Kier molecular flexibility index (Phi) is 7.86. The molecular weight excluding hydrogens is 246 g/mol. The molecule has 0 saturated heterocycles. The number of ether oxygens (including phenoxy) is 1. The van der Waals surface area contributed by atoms with Crippen LogP contribution in [0.1, 0.15) is 46.1 Å². The van der Waals surface area contributed by atoms with Gasteiger partial charge in [-0.15, -0.1) is 0 Å². The molecule has 0 aliphatic carbocycles. The molecule has 1 aromatic rings. The van der Waals surface area contributed by atoms with Crippen LogP contribution >= 0.6 is 0 Å². The van der Waals surface area contributed by atoms with Crippen molar-refractivity contribution in [3.8, 4) is 0 Å². The van der Waals surface area contributed by atoms with Gasteiger partial charge in [0.2, 0.25) is 0 Å². The fourth-order valence-corrected chi connectivity index (χ4v) is 2.16. The number of aryl methyl sites for hydroxylation is 1. The topological polar surface area (TPSA) is 21.3 Å². The van der Waals surface area contributed by atoms with Gasteiger partial charge in [-0.1, -0.05) is 58.0 Å². The zero-order chi connectivity index (χ0) is 14.8. The number of hydrogen-bond acceptors (Lipinski definition) is 2. The largest absolute Gasteiger partial charge is 0.380 e. The zero-order valence-corrected chi connectivity index (χ0v) is 13.6. The first-order valence-corrected chi connectivity index (χ1v) is 7.89. The lowest BCUT2D eigenvalue weighted by Crippen LogP contribution is -2.44. The molecule has 0 fully saturated rings. The molecule has 0 bridgehead atoms. The van der Waals surface area contributed by atoms with Gasteiger partial charge in [-0.25, -0.2) is 0 Å². The number of benzene rings is 1. The lowest BCUT2D eigenvalue weighted by Gasteiger charge is -2.31. The smallest absolute Gasteiger partial charge is 0.0624 e. The number of rotatable bonds is 9. The van der Waals surface area contributed by atoms with Crippen LogP contribution in [0.5, 0.6) is 0 Å². The van der Waals surface area contributed by atoms with Gasteiger partial charge < -0.3 is 10.1 Å². The van der Waals surface area contributed by atoms with Crippen molar-refractivity contribution < 1.29 is 4.74 Å². The minimum absolute atomic E-state index is 0.245. The summed E-state index contributed by atoms with van der Waals surface area (Å²) in [7, 11) is 0. The average molecular weight is 277 g/mol. The van der Waals surface area contributed by atoms with E-state index in [1.165, 1.54) is 12.0 Å². The number of nitrogens with one attached hydrogen (secondary N) is 1. The lowest BCUT2D eigenvalue weighted by molar-refractivity contribution is 0.0742. The van der Waals surface area contributed by atoms with E-state index in [1.54, 1.807) is 0 Å². The van der Waals surface area contributed by atoms with E-state index in [1.807, 2.05) is 0 Å². The van der Waals surface area contributed by atoms with Crippen molar-refractivity contribution >= 4 is 0 Å². The first-order valence-electron chi connectivity index (χ1n) is 7.89. The molecule has 0 aliphatic rings. The monoisotopic (exact) mass is 277 g/mol. The quantitative estimate of drug-likeness (QED) is 0.688. The molecule has 0 spiro atoms. The second-order valence-electron chi connectivity index (χ2n) is 6.54. The maximum absolute atomic E-state index is 5.88. The third kappa shape index (κ3) is 7.06. The molecule has 114 valence electrons. The molecule has 0 heterocycles. The molecule has 2 heteroatoms. The fourth-order valence-electron chi connectivity index (χ4n) is 2.16. The van der Waals surface area contributed by atoms with Crippen molar-refractivity contribution in [2.75, 3.05) is 19.8 Å². The SMILES string of the molecule is CCCNC(COCCCc1ccccc1)C(C)(C)C. The van der Waals surface area contributed by atoms with Crippen LogP contribution in [0.2, 0.25) is 0 Å². The molecule has 0 aliphatic heterocycles. The van der Waals surface area contributed by atoms with Crippen LogP contribution < -0.4 is 5.32 Å². The summed E-state index contributed by atoms with van der Waals surface area (Å²) in [5.41, 5.74) is 1.64. The van der Waals surface area contributed by atoms with E-state index in [2.05, 4.69) is 63.3 Å². The molecule has 20 heavy (non-hydrogen) atoms. The van der Waals surface area contributed by atoms with E-state index in [4.69, 9.17) is 4.74 Å². The molecule has 2 nitrogen and oxygen atoms in total. The maximum Gasteiger partial charge on any atom is 0.0624 e. The Hall–Kier alpha value is -0.860. The highest BCUT2D eigenvalue weighted by molar-refractivity contribution is 5.14. The predicted molar refractivity (Wildman–Crippen MR) is 87.1 cm³/mol. The molecule has 1 rings (SSSR count). The van der Waals surface area contributed by atoms with Crippen LogP contribution in [-0.4, -0.2) is 25.8 Å². The van der Waals surface area contributed by atoms with Gasteiger partial charge in [-0.2, -0.15) is 0 Å². The van der Waals surface area contributed by atoms with Gasteiger partial charge in [0.15, 0.2) is 0 Å². The van der Waals surface area contributed by atoms with E-state index >= 15 is 0 Å². The summed E-state index contributed by atoms with van der Waals surface area (Å²) >= 11 is 0. The first kappa shape index (κ1) is 17.2. The van der Waals surface area contributed by atoms with E-state index < -0.39 is 0 Å². The van der Waals surface area contributed by atoms with E-state index in [0.717, 1.165) is 32.6 Å². The first-order chi connectivity index (χ1) is 9.54. The van der Waals surface area contributed by atoms with Crippen LogP contribution in [-0.2, 0) is 11.2 Å². The van der Waals surface area contributed by atoms with Gasteiger partial charge in [0.1, 0.15) is 0 Å².